The van der Waals surface area contributed by atoms with Gasteiger partial charge in [0.1, 0.15) is 18.1 Å². The van der Waals surface area contributed by atoms with E-state index in [1.54, 1.807) is 19.1 Å². The van der Waals surface area contributed by atoms with Crippen LogP contribution in [-0.2, 0) is 22.4 Å². The van der Waals surface area contributed by atoms with E-state index in [4.69, 9.17) is 4.74 Å². The molecule has 3 aromatic carbocycles. The SMILES string of the molecule is CC1Oc2ccccc2N(CC(=O)Nc2ccc(CCc3nc4ccccc4[nH]3)cc2)C1=O. The second-order valence-electron chi connectivity index (χ2n) is 8.10. The average molecular weight is 441 g/mol. The first kappa shape index (κ1) is 20.8. The van der Waals surface area contributed by atoms with Gasteiger partial charge in [-0.15, -0.1) is 0 Å². The lowest BCUT2D eigenvalue weighted by Crippen LogP contribution is -2.47. The van der Waals surface area contributed by atoms with Crippen LogP contribution in [0, 0.1) is 0 Å². The van der Waals surface area contributed by atoms with Gasteiger partial charge in [-0.3, -0.25) is 14.5 Å². The smallest absolute Gasteiger partial charge is 0.268 e. The molecule has 1 unspecified atom stereocenters. The molecule has 166 valence electrons. The van der Waals surface area contributed by atoms with Crippen LogP contribution in [0.25, 0.3) is 11.0 Å². The Kier molecular flexibility index (Phi) is 5.52. The molecule has 4 aromatic rings. The highest BCUT2D eigenvalue weighted by Gasteiger charge is 2.32. The first-order valence-electron chi connectivity index (χ1n) is 11.0. The molecule has 0 bridgehead atoms. The quantitative estimate of drug-likeness (QED) is 0.473. The first-order valence-corrected chi connectivity index (χ1v) is 11.0. The maximum Gasteiger partial charge on any atom is 0.268 e. The van der Waals surface area contributed by atoms with Crippen molar-refractivity contribution in [3.63, 3.8) is 0 Å². The molecule has 1 aromatic heterocycles. The van der Waals surface area contributed by atoms with Crippen LogP contribution in [0.5, 0.6) is 5.75 Å². The number of fused-ring (bicyclic) bond motifs is 2. The number of hydrogen-bond acceptors (Lipinski definition) is 4. The number of nitrogens with zero attached hydrogens (tertiary/aromatic N) is 2. The maximum absolute atomic E-state index is 12.7. The van der Waals surface area contributed by atoms with Crippen molar-refractivity contribution in [3.05, 3.63) is 84.2 Å². The molecule has 1 atom stereocenters. The lowest BCUT2D eigenvalue weighted by Gasteiger charge is -2.32. The zero-order valence-electron chi connectivity index (χ0n) is 18.2. The van der Waals surface area contributed by atoms with E-state index in [2.05, 4.69) is 15.3 Å². The van der Waals surface area contributed by atoms with Crippen molar-refractivity contribution in [1.82, 2.24) is 9.97 Å². The maximum atomic E-state index is 12.7. The van der Waals surface area contributed by atoms with Crippen molar-refractivity contribution in [1.29, 1.82) is 0 Å². The normalized spacial score (nSPS) is 15.2. The van der Waals surface area contributed by atoms with Gasteiger partial charge in [-0.25, -0.2) is 4.98 Å². The molecule has 0 radical (unpaired) electrons. The molecule has 7 heteroatoms. The molecule has 2 N–H and O–H groups in total. The van der Waals surface area contributed by atoms with E-state index in [0.717, 1.165) is 35.3 Å². The number of H-pyrrole nitrogens is 1. The molecule has 1 aliphatic heterocycles. The van der Waals surface area contributed by atoms with E-state index in [-0.39, 0.29) is 18.4 Å². The number of benzene rings is 3. The lowest BCUT2D eigenvalue weighted by molar-refractivity contribution is -0.127. The number of ether oxygens (including phenoxy) is 1. The summed E-state index contributed by atoms with van der Waals surface area (Å²) in [6.45, 7) is 1.62. The van der Waals surface area contributed by atoms with Gasteiger partial charge in [0.05, 0.1) is 16.7 Å². The molecule has 1 aliphatic rings. The molecule has 33 heavy (non-hydrogen) atoms. The molecule has 5 rings (SSSR count). The highest BCUT2D eigenvalue weighted by molar-refractivity contribution is 6.06. The summed E-state index contributed by atoms with van der Waals surface area (Å²) in [7, 11) is 0. The summed E-state index contributed by atoms with van der Waals surface area (Å²) >= 11 is 0. The van der Waals surface area contributed by atoms with Crippen molar-refractivity contribution in [2.75, 3.05) is 16.8 Å². The van der Waals surface area contributed by atoms with Crippen molar-refractivity contribution >= 4 is 34.2 Å². The number of nitrogens with one attached hydrogen (secondary N) is 2. The Morgan fingerprint density at radius 2 is 1.79 bits per heavy atom. The molecule has 0 spiro atoms. The third kappa shape index (κ3) is 4.43. The molecule has 0 saturated heterocycles. The number of anilines is 2. The van der Waals surface area contributed by atoms with Crippen LogP contribution in [0.15, 0.2) is 72.8 Å². The molecule has 0 saturated carbocycles. The predicted octanol–water partition coefficient (Wildman–Crippen LogP) is 4.10. The number of carbonyl (C=O) groups excluding carboxylic acids is 2. The van der Waals surface area contributed by atoms with E-state index in [1.807, 2.05) is 60.7 Å². The van der Waals surface area contributed by atoms with Gasteiger partial charge < -0.3 is 15.0 Å². The predicted molar refractivity (Wildman–Crippen MR) is 127 cm³/mol. The second kappa shape index (κ2) is 8.78. The van der Waals surface area contributed by atoms with Crippen LogP contribution in [0.4, 0.5) is 11.4 Å². The van der Waals surface area contributed by atoms with Gasteiger partial charge in [-0.2, -0.15) is 0 Å². The van der Waals surface area contributed by atoms with E-state index < -0.39 is 6.10 Å². The van der Waals surface area contributed by atoms with Crippen LogP contribution >= 0.6 is 0 Å². The fourth-order valence-corrected chi connectivity index (χ4v) is 4.01. The van der Waals surface area contributed by atoms with Gasteiger partial charge in [-0.05, 0) is 55.3 Å². The minimum atomic E-state index is -0.626. The monoisotopic (exact) mass is 440 g/mol. The number of aromatic amines is 1. The van der Waals surface area contributed by atoms with Crippen LogP contribution < -0.4 is 15.0 Å². The van der Waals surface area contributed by atoms with E-state index >= 15 is 0 Å². The Morgan fingerprint density at radius 3 is 2.61 bits per heavy atom. The van der Waals surface area contributed by atoms with E-state index in [1.165, 1.54) is 4.90 Å². The van der Waals surface area contributed by atoms with Crippen LogP contribution in [0.2, 0.25) is 0 Å². The lowest BCUT2D eigenvalue weighted by atomic mass is 10.1. The van der Waals surface area contributed by atoms with Gasteiger partial charge in [0, 0.05) is 12.1 Å². The molecule has 0 aliphatic carbocycles. The number of amides is 2. The Labute approximate surface area is 191 Å². The average Bonchev–Trinajstić information content (AvgIpc) is 3.25. The number of aromatic nitrogens is 2. The van der Waals surface area contributed by atoms with Gasteiger partial charge >= 0.3 is 0 Å². The summed E-state index contributed by atoms with van der Waals surface area (Å²) in [5.74, 6) is 1.07. The van der Waals surface area contributed by atoms with Crippen molar-refractivity contribution in [3.8, 4) is 5.75 Å². The van der Waals surface area contributed by atoms with Crippen LogP contribution in [-0.4, -0.2) is 34.4 Å². The number of hydrogen-bond donors (Lipinski definition) is 2. The number of aryl methyl sites for hydroxylation is 2. The second-order valence-corrected chi connectivity index (χ2v) is 8.10. The third-order valence-corrected chi connectivity index (χ3v) is 5.70. The number of rotatable bonds is 6. The van der Waals surface area contributed by atoms with E-state index in [0.29, 0.717) is 17.1 Å². The Hall–Kier alpha value is -4.13. The highest BCUT2D eigenvalue weighted by Crippen LogP contribution is 2.33. The minimum absolute atomic E-state index is 0.0721. The summed E-state index contributed by atoms with van der Waals surface area (Å²) in [4.78, 5) is 34.7. The van der Waals surface area contributed by atoms with Gasteiger partial charge in [0.25, 0.3) is 5.91 Å². The largest absolute Gasteiger partial charge is 0.479 e. The summed E-state index contributed by atoms with van der Waals surface area (Å²) in [5.41, 5.74) is 4.47. The van der Waals surface area contributed by atoms with E-state index in [9.17, 15) is 9.59 Å². The minimum Gasteiger partial charge on any atom is -0.479 e. The van der Waals surface area contributed by atoms with Gasteiger partial charge in [0.15, 0.2) is 6.10 Å². The first-order chi connectivity index (χ1) is 16.1. The van der Waals surface area contributed by atoms with Crippen LogP contribution in [0.3, 0.4) is 0 Å². The molecular weight excluding hydrogens is 416 g/mol. The topological polar surface area (TPSA) is 87.3 Å². The molecule has 2 amide bonds. The van der Waals surface area contributed by atoms with Crippen molar-refractivity contribution < 1.29 is 14.3 Å². The van der Waals surface area contributed by atoms with Gasteiger partial charge in [0.2, 0.25) is 5.91 Å². The zero-order chi connectivity index (χ0) is 22.8. The zero-order valence-corrected chi connectivity index (χ0v) is 18.2. The number of imidazole rings is 1. The van der Waals surface area contributed by atoms with Crippen molar-refractivity contribution in [2.45, 2.75) is 25.9 Å². The molecular formula is C26H24N4O3. The fourth-order valence-electron chi connectivity index (χ4n) is 4.01. The highest BCUT2D eigenvalue weighted by atomic mass is 16.5. The summed E-state index contributed by atoms with van der Waals surface area (Å²) < 4.78 is 5.63. The number of carbonyl (C=O) groups is 2. The third-order valence-electron chi connectivity index (χ3n) is 5.70. The molecule has 7 nitrogen and oxygen atoms in total. The Balaban J connectivity index is 1.19. The number of para-hydroxylation sites is 4. The summed E-state index contributed by atoms with van der Waals surface area (Å²) in [6.07, 6.45) is 1.01. The van der Waals surface area contributed by atoms with Gasteiger partial charge in [-0.1, -0.05) is 36.4 Å². The van der Waals surface area contributed by atoms with Crippen molar-refractivity contribution in [2.24, 2.45) is 0 Å². The Morgan fingerprint density at radius 1 is 1.03 bits per heavy atom. The Bertz CT molecular complexity index is 1280. The van der Waals surface area contributed by atoms with Crippen LogP contribution in [0.1, 0.15) is 18.3 Å². The summed E-state index contributed by atoms with van der Waals surface area (Å²) in [6, 6.07) is 23.0. The standard InChI is InChI=1S/C26H24N4O3/c1-17-26(32)30(22-8-4-5-9-23(22)33-17)16-25(31)27-19-13-10-18(11-14-19)12-15-24-28-20-6-2-3-7-21(20)29-24/h2-11,13-14,17H,12,15-16H2,1H3,(H,27,31)(H,28,29). The molecule has 2 heterocycles. The molecule has 0 fully saturated rings. The summed E-state index contributed by atoms with van der Waals surface area (Å²) in [5, 5.41) is 2.88. The fraction of sp³-hybridized carbons (Fsp3) is 0.192.